The number of benzene rings is 4. The van der Waals surface area contributed by atoms with E-state index >= 15 is 0 Å². The van der Waals surface area contributed by atoms with Gasteiger partial charge >= 0.3 is 0 Å². The minimum absolute atomic E-state index is 0.00608. The lowest BCUT2D eigenvalue weighted by atomic mass is 10.0. The van der Waals surface area contributed by atoms with Crippen LogP contribution in [0.4, 0.5) is 0 Å². The number of phenols is 6. The van der Waals surface area contributed by atoms with E-state index in [4.69, 9.17) is 4.74 Å². The molecule has 0 heterocycles. The number of hydrogen-bond acceptors (Lipinski definition) is 7. The maximum absolute atomic E-state index is 10.3. The summed E-state index contributed by atoms with van der Waals surface area (Å²) in [5, 5.41) is 59.0. The van der Waals surface area contributed by atoms with Crippen LogP contribution in [0.5, 0.6) is 46.0 Å². The molecule has 4 aromatic rings. The first-order valence-electron chi connectivity index (χ1n) is 11.1. The van der Waals surface area contributed by atoms with Crippen molar-refractivity contribution in [1.29, 1.82) is 0 Å². The average Bonchev–Trinajstić information content (AvgIpc) is 2.81. The maximum atomic E-state index is 10.3. The normalized spacial score (nSPS) is 10.9. The van der Waals surface area contributed by atoms with Crippen LogP contribution < -0.4 is 4.74 Å². The Morgan fingerprint density at radius 2 is 1.09 bits per heavy atom. The van der Waals surface area contributed by atoms with Crippen molar-refractivity contribution in [2.75, 3.05) is 0 Å². The summed E-state index contributed by atoms with van der Waals surface area (Å²) >= 11 is 0. The van der Waals surface area contributed by atoms with Gasteiger partial charge in [-0.2, -0.15) is 0 Å². The van der Waals surface area contributed by atoms with Crippen molar-refractivity contribution in [1.82, 2.24) is 0 Å². The number of aromatic hydroxyl groups is 6. The van der Waals surface area contributed by atoms with Crippen molar-refractivity contribution < 1.29 is 35.4 Å². The van der Waals surface area contributed by atoms with Crippen LogP contribution in [0.1, 0.15) is 22.3 Å². The highest BCUT2D eigenvalue weighted by atomic mass is 16.5. The minimum atomic E-state index is -0.564. The molecule has 4 rings (SSSR count). The van der Waals surface area contributed by atoms with Crippen LogP contribution in [0.3, 0.4) is 0 Å². The Labute approximate surface area is 202 Å². The van der Waals surface area contributed by atoms with Crippen molar-refractivity contribution in [2.45, 2.75) is 25.7 Å². The zero-order valence-electron chi connectivity index (χ0n) is 18.8. The fraction of sp³-hybridized carbons (Fsp3) is 0.143. The number of ether oxygens (including phenoxy) is 1. The van der Waals surface area contributed by atoms with Crippen molar-refractivity contribution in [2.24, 2.45) is 0 Å². The van der Waals surface area contributed by atoms with Crippen LogP contribution in [0.25, 0.3) is 0 Å². The van der Waals surface area contributed by atoms with Gasteiger partial charge in [-0.25, -0.2) is 0 Å². The molecule has 0 radical (unpaired) electrons. The molecule has 0 bridgehead atoms. The first kappa shape index (κ1) is 23.6. The molecule has 0 aliphatic rings. The molecule has 0 saturated heterocycles. The lowest BCUT2D eigenvalue weighted by Crippen LogP contribution is -1.95. The van der Waals surface area contributed by atoms with Gasteiger partial charge in [0.2, 0.25) is 0 Å². The van der Waals surface area contributed by atoms with Gasteiger partial charge in [-0.15, -0.1) is 0 Å². The van der Waals surface area contributed by atoms with Crippen molar-refractivity contribution in [3.05, 3.63) is 95.1 Å². The van der Waals surface area contributed by atoms with Crippen molar-refractivity contribution in [3.8, 4) is 46.0 Å². The number of phenolic OH excluding ortho intramolecular Hbond substituents is 6. The molecule has 0 amide bonds. The quantitative estimate of drug-likeness (QED) is 0.192. The first-order chi connectivity index (χ1) is 16.8. The summed E-state index contributed by atoms with van der Waals surface area (Å²) in [5.41, 5.74) is 3.29. The molecule has 180 valence electrons. The maximum Gasteiger partial charge on any atom is 0.200 e. The molecule has 7 heteroatoms. The average molecular weight is 475 g/mol. The van der Waals surface area contributed by atoms with Gasteiger partial charge in [-0.3, -0.25) is 0 Å². The molecule has 0 aliphatic heterocycles. The van der Waals surface area contributed by atoms with Crippen LogP contribution in [-0.2, 0) is 25.7 Å². The molecule has 0 aliphatic carbocycles. The number of hydrogen-bond donors (Lipinski definition) is 6. The molecule has 6 N–H and O–H groups in total. The van der Waals surface area contributed by atoms with Crippen molar-refractivity contribution in [3.63, 3.8) is 0 Å². The molecule has 0 unspecified atom stereocenters. The summed E-state index contributed by atoms with van der Waals surface area (Å²) in [6, 6.07) is 19.7. The molecular weight excluding hydrogens is 448 g/mol. The standard InChI is InChI=1S/C28H26O7/c29-21-3-1-2-17(10-21)4-5-18-8-9-24(31)27(15-18)35-23-12-19(11-22(30)16-23)6-7-20-13-25(32)28(34)26(33)14-20/h1-3,8-16,29-34H,4-7H2. The molecule has 0 spiro atoms. The van der Waals surface area contributed by atoms with E-state index in [2.05, 4.69) is 0 Å². The predicted octanol–water partition coefficient (Wildman–Crippen LogP) is 5.28. The van der Waals surface area contributed by atoms with E-state index in [0.29, 0.717) is 37.0 Å². The molecule has 4 aromatic carbocycles. The number of aryl methyl sites for hydroxylation is 4. The van der Waals surface area contributed by atoms with Gasteiger partial charge < -0.3 is 35.4 Å². The monoisotopic (exact) mass is 474 g/mol. The minimum Gasteiger partial charge on any atom is -0.508 e. The lowest BCUT2D eigenvalue weighted by molar-refractivity contribution is 0.367. The van der Waals surface area contributed by atoms with E-state index < -0.39 is 17.2 Å². The Kier molecular flexibility index (Phi) is 6.87. The van der Waals surface area contributed by atoms with Crippen LogP contribution >= 0.6 is 0 Å². The van der Waals surface area contributed by atoms with E-state index in [9.17, 15) is 30.6 Å². The smallest absolute Gasteiger partial charge is 0.200 e. The fourth-order valence-electron chi connectivity index (χ4n) is 3.86. The van der Waals surface area contributed by atoms with E-state index in [-0.39, 0.29) is 23.0 Å². The highest BCUT2D eigenvalue weighted by Gasteiger charge is 2.11. The van der Waals surface area contributed by atoms with Gasteiger partial charge in [0.1, 0.15) is 17.2 Å². The van der Waals surface area contributed by atoms with Gasteiger partial charge in [-0.1, -0.05) is 18.2 Å². The summed E-state index contributed by atoms with van der Waals surface area (Å²) in [5.74, 6) is -0.597. The highest BCUT2D eigenvalue weighted by Crippen LogP contribution is 2.37. The first-order valence-corrected chi connectivity index (χ1v) is 11.1. The summed E-state index contributed by atoms with van der Waals surface area (Å²) < 4.78 is 5.89. The highest BCUT2D eigenvalue weighted by molar-refractivity contribution is 5.51. The lowest BCUT2D eigenvalue weighted by Gasteiger charge is -2.12. The third-order valence-electron chi connectivity index (χ3n) is 5.65. The second-order valence-corrected chi connectivity index (χ2v) is 8.39. The summed E-state index contributed by atoms with van der Waals surface area (Å²) in [6.45, 7) is 0. The Bertz CT molecular complexity index is 1320. The summed E-state index contributed by atoms with van der Waals surface area (Å²) in [7, 11) is 0. The topological polar surface area (TPSA) is 131 Å². The molecule has 35 heavy (non-hydrogen) atoms. The van der Waals surface area contributed by atoms with Crippen LogP contribution in [0.2, 0.25) is 0 Å². The Morgan fingerprint density at radius 3 is 1.77 bits per heavy atom. The van der Waals surface area contributed by atoms with Crippen LogP contribution in [-0.4, -0.2) is 30.6 Å². The third-order valence-corrected chi connectivity index (χ3v) is 5.65. The Morgan fingerprint density at radius 1 is 0.486 bits per heavy atom. The Balaban J connectivity index is 1.46. The second kappa shape index (κ2) is 10.2. The predicted molar refractivity (Wildman–Crippen MR) is 131 cm³/mol. The van der Waals surface area contributed by atoms with Gasteiger partial charge in [0.15, 0.2) is 28.7 Å². The summed E-state index contributed by atoms with van der Waals surface area (Å²) in [4.78, 5) is 0. The van der Waals surface area contributed by atoms with Crippen LogP contribution in [0, 0.1) is 0 Å². The Hall–Kier alpha value is -4.52. The zero-order chi connectivity index (χ0) is 24.9. The fourth-order valence-corrected chi connectivity index (χ4v) is 3.86. The molecule has 0 atom stereocenters. The van der Waals surface area contributed by atoms with Gasteiger partial charge in [-0.05, 0) is 96.5 Å². The van der Waals surface area contributed by atoms with Gasteiger partial charge in [0.05, 0.1) is 0 Å². The number of rotatable bonds is 8. The van der Waals surface area contributed by atoms with Gasteiger partial charge in [0, 0.05) is 6.07 Å². The van der Waals surface area contributed by atoms with Crippen molar-refractivity contribution >= 4 is 0 Å². The molecular formula is C28H26O7. The molecule has 0 fully saturated rings. The molecule has 7 nitrogen and oxygen atoms in total. The summed E-state index contributed by atoms with van der Waals surface area (Å²) in [6.07, 6.45) is 2.28. The van der Waals surface area contributed by atoms with Crippen LogP contribution in [0.15, 0.2) is 72.8 Å². The largest absolute Gasteiger partial charge is 0.508 e. The third kappa shape index (κ3) is 6.09. The SMILES string of the molecule is Oc1cccc(CCc2ccc(O)c(Oc3cc(O)cc(CCc4cc(O)c(O)c(O)c4)c3)c2)c1. The zero-order valence-corrected chi connectivity index (χ0v) is 18.8. The van der Waals surface area contributed by atoms with E-state index in [1.807, 2.05) is 6.07 Å². The van der Waals surface area contributed by atoms with E-state index in [1.165, 1.54) is 18.2 Å². The molecule has 0 aromatic heterocycles. The van der Waals surface area contributed by atoms with Gasteiger partial charge in [0.25, 0.3) is 0 Å². The molecule has 0 saturated carbocycles. The second-order valence-electron chi connectivity index (χ2n) is 8.39. The van der Waals surface area contributed by atoms with E-state index in [1.54, 1.807) is 48.5 Å². The van der Waals surface area contributed by atoms with E-state index in [0.717, 1.165) is 16.7 Å².